The van der Waals surface area contributed by atoms with Gasteiger partial charge in [-0.25, -0.2) is 4.98 Å². The summed E-state index contributed by atoms with van der Waals surface area (Å²) in [6.45, 7) is 1.99. The zero-order valence-electron chi connectivity index (χ0n) is 10.9. The van der Waals surface area contributed by atoms with Crippen molar-refractivity contribution >= 4 is 11.0 Å². The molecule has 1 fully saturated rings. The summed E-state index contributed by atoms with van der Waals surface area (Å²) in [7, 11) is 2.02. The highest BCUT2D eigenvalue weighted by atomic mass is 14.9. The molecular weight excluding hydrogens is 224 g/mol. The summed E-state index contributed by atoms with van der Waals surface area (Å²) < 4.78 is 0. The normalized spacial score (nSPS) is 25.1. The SMILES string of the molecule is CNC(c1ccc2nc(C)[nH]c2c1)C1CC(N)C1. The van der Waals surface area contributed by atoms with E-state index in [9.17, 15) is 0 Å². The van der Waals surface area contributed by atoms with Gasteiger partial charge in [0.1, 0.15) is 5.82 Å². The van der Waals surface area contributed by atoms with E-state index < -0.39 is 0 Å². The Hall–Kier alpha value is -1.39. The van der Waals surface area contributed by atoms with Gasteiger partial charge in [0.15, 0.2) is 0 Å². The van der Waals surface area contributed by atoms with Gasteiger partial charge in [0.05, 0.1) is 11.0 Å². The number of nitrogens with one attached hydrogen (secondary N) is 2. The molecule has 1 saturated carbocycles. The van der Waals surface area contributed by atoms with E-state index in [4.69, 9.17) is 5.73 Å². The highest BCUT2D eigenvalue weighted by Crippen LogP contribution is 2.37. The Morgan fingerprint density at radius 2 is 2.22 bits per heavy atom. The van der Waals surface area contributed by atoms with Crippen LogP contribution in [-0.2, 0) is 0 Å². The Morgan fingerprint density at radius 3 is 2.89 bits per heavy atom. The maximum absolute atomic E-state index is 5.89. The van der Waals surface area contributed by atoms with Crippen LogP contribution in [-0.4, -0.2) is 23.1 Å². The van der Waals surface area contributed by atoms with Crippen molar-refractivity contribution < 1.29 is 0 Å². The summed E-state index contributed by atoms with van der Waals surface area (Å²) in [5, 5.41) is 3.42. The Balaban J connectivity index is 1.91. The molecule has 4 heteroatoms. The van der Waals surface area contributed by atoms with E-state index in [1.807, 2.05) is 14.0 Å². The van der Waals surface area contributed by atoms with Crippen molar-refractivity contribution in [2.75, 3.05) is 7.05 Å². The van der Waals surface area contributed by atoms with Gasteiger partial charge in [0.25, 0.3) is 0 Å². The Bertz CT molecular complexity index is 554. The number of fused-ring (bicyclic) bond motifs is 1. The van der Waals surface area contributed by atoms with Crippen LogP contribution in [0.3, 0.4) is 0 Å². The van der Waals surface area contributed by atoms with Crippen LogP contribution in [0.5, 0.6) is 0 Å². The van der Waals surface area contributed by atoms with Crippen molar-refractivity contribution in [2.24, 2.45) is 11.7 Å². The van der Waals surface area contributed by atoms with Gasteiger partial charge in [-0.2, -0.15) is 0 Å². The molecule has 0 amide bonds. The molecule has 0 bridgehead atoms. The second-order valence-corrected chi connectivity index (χ2v) is 5.36. The van der Waals surface area contributed by atoms with Crippen LogP contribution in [0.25, 0.3) is 11.0 Å². The average Bonchev–Trinajstić information content (AvgIpc) is 2.67. The van der Waals surface area contributed by atoms with Crippen LogP contribution in [0.15, 0.2) is 18.2 Å². The summed E-state index contributed by atoms with van der Waals surface area (Å²) in [5.74, 6) is 1.63. The lowest BCUT2D eigenvalue weighted by molar-refractivity contribution is 0.204. The number of hydrogen-bond acceptors (Lipinski definition) is 3. The summed E-state index contributed by atoms with van der Waals surface area (Å²) in [6, 6.07) is 7.27. The van der Waals surface area contributed by atoms with Gasteiger partial charge in [0.2, 0.25) is 0 Å². The lowest BCUT2D eigenvalue weighted by Gasteiger charge is -2.38. The first-order chi connectivity index (χ1) is 8.67. The van der Waals surface area contributed by atoms with Gasteiger partial charge in [-0.15, -0.1) is 0 Å². The van der Waals surface area contributed by atoms with E-state index in [-0.39, 0.29) is 0 Å². The molecule has 0 spiro atoms. The van der Waals surface area contributed by atoms with Crippen LogP contribution in [0.4, 0.5) is 0 Å². The zero-order valence-corrected chi connectivity index (χ0v) is 10.9. The lowest BCUT2D eigenvalue weighted by atomic mass is 9.74. The second kappa shape index (κ2) is 4.37. The molecule has 1 heterocycles. The van der Waals surface area contributed by atoms with Crippen molar-refractivity contribution in [3.8, 4) is 0 Å². The predicted molar refractivity (Wildman–Crippen MR) is 73.3 cm³/mol. The third kappa shape index (κ3) is 1.91. The average molecular weight is 244 g/mol. The van der Waals surface area contributed by atoms with E-state index >= 15 is 0 Å². The molecule has 1 aliphatic rings. The highest BCUT2D eigenvalue weighted by Gasteiger charge is 2.33. The number of aromatic amines is 1. The predicted octanol–water partition coefficient (Wildman–Crippen LogP) is 1.87. The maximum atomic E-state index is 5.89. The number of benzene rings is 1. The maximum Gasteiger partial charge on any atom is 0.104 e. The second-order valence-electron chi connectivity index (χ2n) is 5.36. The fourth-order valence-electron chi connectivity index (χ4n) is 3.00. The first-order valence-electron chi connectivity index (χ1n) is 6.56. The van der Waals surface area contributed by atoms with Crippen LogP contribution >= 0.6 is 0 Å². The number of rotatable bonds is 3. The largest absolute Gasteiger partial charge is 0.342 e. The summed E-state index contributed by atoms with van der Waals surface area (Å²) >= 11 is 0. The van der Waals surface area contributed by atoms with Crippen LogP contribution in [0.2, 0.25) is 0 Å². The molecular formula is C14H20N4. The smallest absolute Gasteiger partial charge is 0.104 e. The van der Waals surface area contributed by atoms with Crippen LogP contribution in [0.1, 0.15) is 30.3 Å². The number of hydrogen-bond donors (Lipinski definition) is 3. The first-order valence-corrected chi connectivity index (χ1v) is 6.56. The minimum absolute atomic E-state index is 0.393. The van der Waals surface area contributed by atoms with Gasteiger partial charge >= 0.3 is 0 Å². The molecule has 4 N–H and O–H groups in total. The minimum Gasteiger partial charge on any atom is -0.342 e. The summed E-state index contributed by atoms with van der Waals surface area (Å²) in [5.41, 5.74) is 9.37. The third-order valence-corrected chi connectivity index (χ3v) is 3.98. The van der Waals surface area contributed by atoms with Crippen molar-refractivity contribution in [3.63, 3.8) is 0 Å². The number of imidazole rings is 1. The topological polar surface area (TPSA) is 66.7 Å². The van der Waals surface area contributed by atoms with E-state index in [1.165, 1.54) is 5.56 Å². The molecule has 3 rings (SSSR count). The molecule has 0 radical (unpaired) electrons. The summed E-state index contributed by atoms with van der Waals surface area (Å²) in [4.78, 5) is 7.73. The molecule has 96 valence electrons. The highest BCUT2D eigenvalue weighted by molar-refractivity contribution is 5.76. The number of H-pyrrole nitrogens is 1. The number of nitrogens with zero attached hydrogens (tertiary/aromatic N) is 1. The zero-order chi connectivity index (χ0) is 12.7. The summed E-state index contributed by atoms with van der Waals surface area (Å²) in [6.07, 6.45) is 2.23. The van der Waals surface area contributed by atoms with Crippen molar-refractivity contribution in [1.82, 2.24) is 15.3 Å². The van der Waals surface area contributed by atoms with Crippen molar-refractivity contribution in [2.45, 2.75) is 31.8 Å². The number of nitrogens with two attached hydrogens (primary N) is 1. The molecule has 4 nitrogen and oxygen atoms in total. The molecule has 1 unspecified atom stereocenters. The Labute approximate surface area is 107 Å². The van der Waals surface area contributed by atoms with Crippen LogP contribution in [0, 0.1) is 12.8 Å². The van der Waals surface area contributed by atoms with E-state index in [0.29, 0.717) is 18.0 Å². The minimum atomic E-state index is 0.393. The van der Waals surface area contributed by atoms with Crippen molar-refractivity contribution in [1.29, 1.82) is 0 Å². The van der Waals surface area contributed by atoms with Gasteiger partial charge < -0.3 is 16.0 Å². The Kier molecular flexibility index (Phi) is 2.84. The quantitative estimate of drug-likeness (QED) is 0.772. The van der Waals surface area contributed by atoms with Gasteiger partial charge in [-0.1, -0.05) is 6.07 Å². The fraction of sp³-hybridized carbons (Fsp3) is 0.500. The lowest BCUT2D eigenvalue weighted by Crippen LogP contribution is -2.42. The van der Waals surface area contributed by atoms with E-state index in [1.54, 1.807) is 0 Å². The van der Waals surface area contributed by atoms with E-state index in [0.717, 1.165) is 29.7 Å². The molecule has 18 heavy (non-hydrogen) atoms. The molecule has 2 aromatic rings. The number of aromatic nitrogens is 2. The van der Waals surface area contributed by atoms with Gasteiger partial charge in [-0.3, -0.25) is 0 Å². The fourth-order valence-corrected chi connectivity index (χ4v) is 3.00. The molecule has 1 aromatic heterocycles. The van der Waals surface area contributed by atoms with Crippen LogP contribution < -0.4 is 11.1 Å². The van der Waals surface area contributed by atoms with Gasteiger partial charge in [-0.05, 0) is 50.4 Å². The standard InChI is InChI=1S/C14H20N4/c1-8-17-12-4-3-9(7-13(12)18-8)14(16-2)10-5-11(15)6-10/h3-4,7,10-11,14,16H,5-6,15H2,1-2H3,(H,17,18). The molecule has 0 aliphatic heterocycles. The molecule has 0 saturated heterocycles. The molecule has 1 aromatic carbocycles. The van der Waals surface area contributed by atoms with Crippen molar-refractivity contribution in [3.05, 3.63) is 29.6 Å². The first kappa shape index (κ1) is 11.7. The number of aryl methyl sites for hydroxylation is 1. The third-order valence-electron chi connectivity index (χ3n) is 3.98. The van der Waals surface area contributed by atoms with Gasteiger partial charge in [0, 0.05) is 12.1 Å². The van der Waals surface area contributed by atoms with E-state index in [2.05, 4.69) is 33.5 Å². The molecule has 1 atom stereocenters. The Morgan fingerprint density at radius 1 is 1.44 bits per heavy atom. The monoisotopic (exact) mass is 244 g/mol. The molecule has 1 aliphatic carbocycles.